The molecule has 1 aliphatic heterocycles. The third-order valence-electron chi connectivity index (χ3n) is 8.57. The van der Waals surface area contributed by atoms with Crippen molar-refractivity contribution >= 4 is 5.91 Å². The molecule has 9 atom stereocenters. The van der Waals surface area contributed by atoms with Crippen LogP contribution in [-0.4, -0.2) is 110 Å². The van der Waals surface area contributed by atoms with E-state index in [1.54, 1.807) is 0 Å². The molecule has 1 saturated heterocycles. The van der Waals surface area contributed by atoms with Crippen molar-refractivity contribution in [2.75, 3.05) is 13.2 Å². The summed E-state index contributed by atoms with van der Waals surface area (Å²) in [6, 6.07) is -1.16. The summed E-state index contributed by atoms with van der Waals surface area (Å²) in [5.74, 6) is -0.713. The zero-order valence-corrected chi connectivity index (χ0v) is 27.8. The molecule has 0 aliphatic carbocycles. The van der Waals surface area contributed by atoms with Crippen LogP contribution in [0.4, 0.5) is 0 Å². The second kappa shape index (κ2) is 25.9. The molecule has 11 heteroatoms. The zero-order chi connectivity index (χ0) is 33.5. The minimum Gasteiger partial charge on any atom is -0.394 e. The highest BCUT2D eigenvalue weighted by Gasteiger charge is 2.44. The number of carbonyl (C=O) groups is 1. The maximum atomic E-state index is 12.9. The van der Waals surface area contributed by atoms with Gasteiger partial charge < -0.3 is 50.5 Å². The van der Waals surface area contributed by atoms with Gasteiger partial charge in [0.25, 0.3) is 0 Å². The van der Waals surface area contributed by atoms with Gasteiger partial charge in [-0.15, -0.1) is 0 Å². The van der Waals surface area contributed by atoms with Gasteiger partial charge in [-0.3, -0.25) is 4.79 Å². The Balaban J connectivity index is 2.63. The summed E-state index contributed by atoms with van der Waals surface area (Å²) >= 11 is 0. The van der Waals surface area contributed by atoms with Crippen molar-refractivity contribution < 1.29 is 50.0 Å². The van der Waals surface area contributed by atoms with Gasteiger partial charge in [0.2, 0.25) is 5.91 Å². The van der Waals surface area contributed by atoms with E-state index in [4.69, 9.17) is 9.47 Å². The minimum atomic E-state index is -1.66. The highest BCUT2D eigenvalue weighted by Crippen LogP contribution is 2.23. The number of rotatable bonds is 27. The van der Waals surface area contributed by atoms with Crippen LogP contribution in [0.5, 0.6) is 0 Å². The number of amides is 1. The molecule has 266 valence electrons. The van der Waals surface area contributed by atoms with Crippen molar-refractivity contribution in [3.8, 4) is 0 Å². The molecule has 9 unspecified atom stereocenters. The summed E-state index contributed by atoms with van der Waals surface area (Å²) in [5, 5.41) is 74.7. The van der Waals surface area contributed by atoms with Crippen molar-refractivity contribution in [1.82, 2.24) is 5.32 Å². The molecule has 0 radical (unpaired) electrons. The number of nitrogens with one attached hydrogen (secondary N) is 1. The number of aliphatic hydroxyl groups is 7. The van der Waals surface area contributed by atoms with Crippen molar-refractivity contribution in [1.29, 1.82) is 0 Å². The van der Waals surface area contributed by atoms with Crippen LogP contribution in [0, 0.1) is 0 Å². The van der Waals surface area contributed by atoms with Gasteiger partial charge >= 0.3 is 0 Å². The van der Waals surface area contributed by atoms with Gasteiger partial charge in [0.05, 0.1) is 25.4 Å². The Kier molecular flexibility index (Phi) is 24.1. The van der Waals surface area contributed by atoms with Crippen LogP contribution in [0.1, 0.15) is 129 Å². The number of aliphatic hydroxyl groups excluding tert-OH is 7. The van der Waals surface area contributed by atoms with Crippen LogP contribution < -0.4 is 5.32 Å². The van der Waals surface area contributed by atoms with Crippen LogP contribution in [-0.2, 0) is 14.3 Å². The molecule has 0 spiro atoms. The highest BCUT2D eigenvalue weighted by atomic mass is 16.7. The molecule has 1 rings (SSSR count). The number of allylic oxidation sites excluding steroid dienone is 2. The van der Waals surface area contributed by atoms with Crippen molar-refractivity contribution in [3.05, 3.63) is 12.2 Å². The molecule has 1 aliphatic rings. The van der Waals surface area contributed by atoms with E-state index in [2.05, 4.69) is 31.3 Å². The first-order chi connectivity index (χ1) is 21.7. The molecule has 1 amide bonds. The summed E-state index contributed by atoms with van der Waals surface area (Å²) in [6.45, 7) is 3.29. The van der Waals surface area contributed by atoms with Gasteiger partial charge in [0, 0.05) is 0 Å². The van der Waals surface area contributed by atoms with Crippen LogP contribution in [0.3, 0.4) is 0 Å². The SMILES string of the molecule is CCCCC/C=C\CCCCCCC(O)C(=O)NC(COC1OC(CO)C(O)C(O)C1O)C(O)C(O)CCCCCCCCC. The molecule has 45 heavy (non-hydrogen) atoms. The fourth-order valence-corrected chi connectivity index (χ4v) is 5.49. The quantitative estimate of drug-likeness (QED) is 0.0486. The Labute approximate surface area is 271 Å². The summed E-state index contributed by atoms with van der Waals surface area (Å²) in [4.78, 5) is 12.9. The van der Waals surface area contributed by atoms with Gasteiger partial charge in [0.1, 0.15) is 36.6 Å². The monoisotopic (exact) mass is 647 g/mol. The molecule has 0 bridgehead atoms. The Hall–Kier alpha value is -1.15. The molecular weight excluding hydrogens is 582 g/mol. The number of hydrogen-bond donors (Lipinski definition) is 8. The van der Waals surface area contributed by atoms with Gasteiger partial charge in [0.15, 0.2) is 6.29 Å². The second-order valence-corrected chi connectivity index (χ2v) is 12.6. The average molecular weight is 648 g/mol. The topological polar surface area (TPSA) is 189 Å². The largest absolute Gasteiger partial charge is 0.394 e. The summed E-state index contributed by atoms with van der Waals surface area (Å²) < 4.78 is 11.0. The fraction of sp³-hybridized carbons (Fsp3) is 0.912. The van der Waals surface area contributed by atoms with Gasteiger partial charge in [-0.1, -0.05) is 103 Å². The predicted octanol–water partition coefficient (Wildman–Crippen LogP) is 2.99. The lowest BCUT2D eigenvalue weighted by Gasteiger charge is -2.40. The summed E-state index contributed by atoms with van der Waals surface area (Å²) in [6.07, 6.45) is 10.2. The molecule has 8 N–H and O–H groups in total. The van der Waals surface area contributed by atoms with E-state index < -0.39 is 74.2 Å². The van der Waals surface area contributed by atoms with E-state index in [0.717, 1.165) is 57.8 Å². The zero-order valence-electron chi connectivity index (χ0n) is 27.8. The molecule has 1 heterocycles. The number of hydrogen-bond acceptors (Lipinski definition) is 10. The van der Waals surface area contributed by atoms with E-state index in [-0.39, 0.29) is 6.42 Å². The molecule has 0 aromatic carbocycles. The predicted molar refractivity (Wildman–Crippen MR) is 173 cm³/mol. The number of ether oxygens (including phenoxy) is 2. The normalized spacial score (nSPS) is 24.9. The fourth-order valence-electron chi connectivity index (χ4n) is 5.49. The Morgan fingerprint density at radius 2 is 1.29 bits per heavy atom. The van der Waals surface area contributed by atoms with Crippen LogP contribution >= 0.6 is 0 Å². The van der Waals surface area contributed by atoms with E-state index in [9.17, 15) is 40.5 Å². The van der Waals surface area contributed by atoms with Crippen LogP contribution in [0.15, 0.2) is 12.2 Å². The minimum absolute atomic E-state index is 0.246. The molecular formula is C34H65NO10. The highest BCUT2D eigenvalue weighted by molar-refractivity contribution is 5.80. The Morgan fingerprint density at radius 1 is 0.756 bits per heavy atom. The van der Waals surface area contributed by atoms with Gasteiger partial charge in [-0.2, -0.15) is 0 Å². The molecule has 11 nitrogen and oxygen atoms in total. The molecule has 0 aromatic heterocycles. The lowest BCUT2D eigenvalue weighted by molar-refractivity contribution is -0.303. The third-order valence-corrected chi connectivity index (χ3v) is 8.57. The lowest BCUT2D eigenvalue weighted by atomic mass is 9.98. The molecule has 0 aromatic rings. The van der Waals surface area contributed by atoms with Gasteiger partial charge in [-0.25, -0.2) is 0 Å². The van der Waals surface area contributed by atoms with Gasteiger partial charge in [-0.05, 0) is 38.5 Å². The standard InChI is InChI=1S/C34H65NO10/c1-3-5-7-9-11-12-13-14-16-18-20-22-27(38)33(43)35-25(29(39)26(37)21-19-17-15-10-8-6-4-2)24-44-34-32(42)31(41)30(40)28(23-36)45-34/h11-12,25-32,34,36-42H,3-10,13-24H2,1-2H3,(H,35,43)/b12-11-. The maximum Gasteiger partial charge on any atom is 0.249 e. The Bertz CT molecular complexity index is 754. The Morgan fingerprint density at radius 3 is 1.91 bits per heavy atom. The van der Waals surface area contributed by atoms with Crippen LogP contribution in [0.25, 0.3) is 0 Å². The van der Waals surface area contributed by atoms with E-state index >= 15 is 0 Å². The van der Waals surface area contributed by atoms with Crippen molar-refractivity contribution in [2.24, 2.45) is 0 Å². The lowest BCUT2D eigenvalue weighted by Crippen LogP contribution is -2.60. The van der Waals surface area contributed by atoms with E-state index in [1.165, 1.54) is 32.1 Å². The smallest absolute Gasteiger partial charge is 0.249 e. The summed E-state index contributed by atoms with van der Waals surface area (Å²) in [7, 11) is 0. The first-order valence-electron chi connectivity index (χ1n) is 17.6. The van der Waals surface area contributed by atoms with Crippen molar-refractivity contribution in [2.45, 2.75) is 184 Å². The average Bonchev–Trinajstić information content (AvgIpc) is 3.04. The number of carbonyl (C=O) groups excluding carboxylic acids is 1. The first-order valence-corrected chi connectivity index (χ1v) is 17.6. The summed E-state index contributed by atoms with van der Waals surface area (Å²) in [5.41, 5.74) is 0. The maximum absolute atomic E-state index is 12.9. The first kappa shape index (κ1) is 41.9. The molecule has 1 fully saturated rings. The second-order valence-electron chi connectivity index (χ2n) is 12.6. The van der Waals surface area contributed by atoms with Crippen LogP contribution in [0.2, 0.25) is 0 Å². The number of unbranched alkanes of at least 4 members (excludes halogenated alkanes) is 13. The van der Waals surface area contributed by atoms with E-state index in [0.29, 0.717) is 19.3 Å². The van der Waals surface area contributed by atoms with E-state index in [1.807, 2.05) is 0 Å². The molecule has 0 saturated carbocycles. The third kappa shape index (κ3) is 17.5. The van der Waals surface area contributed by atoms with Crippen molar-refractivity contribution in [3.63, 3.8) is 0 Å².